The minimum Gasteiger partial charge on any atom is -0.359 e. The summed E-state index contributed by atoms with van der Waals surface area (Å²) < 4.78 is 0. The van der Waals surface area contributed by atoms with Crippen LogP contribution in [0.15, 0.2) is 48.7 Å². The fourth-order valence-corrected chi connectivity index (χ4v) is 4.68. The summed E-state index contributed by atoms with van der Waals surface area (Å²) in [6, 6.07) is 14.5. The van der Waals surface area contributed by atoms with Crippen LogP contribution in [-0.2, 0) is 9.59 Å². The first-order valence-electron chi connectivity index (χ1n) is 13.0. The van der Waals surface area contributed by atoms with E-state index in [0.29, 0.717) is 13.0 Å². The van der Waals surface area contributed by atoms with Crippen LogP contribution < -0.4 is 10.6 Å². The smallest absolute Gasteiger partial charge is 0.234 e. The first kappa shape index (κ1) is 25.9. The van der Waals surface area contributed by atoms with E-state index >= 15 is 0 Å². The summed E-state index contributed by atoms with van der Waals surface area (Å²) in [7, 11) is 3.78. The Bertz CT molecular complexity index is 1150. The minimum atomic E-state index is -0.195. The number of aromatic amines is 1. The van der Waals surface area contributed by atoms with Crippen LogP contribution in [0.1, 0.15) is 44.0 Å². The van der Waals surface area contributed by atoms with Gasteiger partial charge < -0.3 is 20.5 Å². The van der Waals surface area contributed by atoms with Crippen LogP contribution in [0.3, 0.4) is 0 Å². The lowest BCUT2D eigenvalue weighted by Gasteiger charge is -2.32. The van der Waals surface area contributed by atoms with Gasteiger partial charge in [0.1, 0.15) is 5.82 Å². The summed E-state index contributed by atoms with van der Waals surface area (Å²) in [6.45, 7) is 4.17. The van der Waals surface area contributed by atoms with Gasteiger partial charge in [-0.15, -0.1) is 0 Å². The number of aromatic nitrogens is 2. The molecule has 1 atom stereocenters. The number of unbranched alkanes of at least 4 members (excludes halogenated alkanes) is 2. The largest absolute Gasteiger partial charge is 0.359 e. The van der Waals surface area contributed by atoms with Gasteiger partial charge in [-0.3, -0.25) is 14.5 Å². The molecule has 8 heteroatoms. The van der Waals surface area contributed by atoms with E-state index in [2.05, 4.69) is 67.8 Å². The number of carbonyl (C=O) groups excluding carboxylic acids is 2. The van der Waals surface area contributed by atoms with E-state index in [4.69, 9.17) is 0 Å². The van der Waals surface area contributed by atoms with Crippen molar-refractivity contribution in [3.8, 4) is 11.3 Å². The monoisotopic (exact) mass is 490 g/mol. The van der Waals surface area contributed by atoms with E-state index in [9.17, 15) is 9.59 Å². The molecular weight excluding hydrogens is 452 g/mol. The molecule has 8 nitrogen and oxygen atoms in total. The number of amides is 2. The number of nitrogens with zero attached hydrogens (tertiary/aromatic N) is 3. The van der Waals surface area contributed by atoms with Gasteiger partial charge in [-0.05, 0) is 36.7 Å². The summed E-state index contributed by atoms with van der Waals surface area (Å²) in [5.74, 6) is 0.868. The third kappa shape index (κ3) is 7.15. The Kier molecular flexibility index (Phi) is 9.08. The molecule has 36 heavy (non-hydrogen) atoms. The number of nitrogens with one attached hydrogen (secondary N) is 3. The van der Waals surface area contributed by atoms with E-state index in [-0.39, 0.29) is 17.9 Å². The molecule has 2 heterocycles. The minimum absolute atomic E-state index is 0.0265. The van der Waals surface area contributed by atoms with Gasteiger partial charge in [-0.1, -0.05) is 49.2 Å². The molecule has 4 rings (SSSR count). The Morgan fingerprint density at radius 1 is 1.00 bits per heavy atom. The molecule has 1 aliphatic heterocycles. The highest BCUT2D eigenvalue weighted by molar-refractivity contribution is 5.86. The number of likely N-dealkylation sites (N-methyl/N-ethyl adjacent to an activating group) is 1. The molecule has 0 radical (unpaired) electrons. The zero-order valence-corrected chi connectivity index (χ0v) is 21.4. The molecule has 0 spiro atoms. The maximum absolute atomic E-state index is 13.0. The fraction of sp³-hybridized carbons (Fsp3) is 0.464. The normalized spacial score (nSPS) is 15.6. The van der Waals surface area contributed by atoms with Crippen LogP contribution >= 0.6 is 0 Å². The van der Waals surface area contributed by atoms with Gasteiger partial charge in [-0.2, -0.15) is 0 Å². The topological polar surface area (TPSA) is 93.4 Å². The number of hydrogen-bond acceptors (Lipinski definition) is 5. The van der Waals surface area contributed by atoms with Crippen LogP contribution in [0.2, 0.25) is 0 Å². The predicted molar refractivity (Wildman–Crippen MR) is 144 cm³/mol. The highest BCUT2D eigenvalue weighted by Gasteiger charge is 2.21. The predicted octanol–water partition coefficient (Wildman–Crippen LogP) is 3.33. The molecule has 2 aromatic carbocycles. The van der Waals surface area contributed by atoms with Crippen molar-refractivity contribution >= 4 is 22.6 Å². The second-order valence-electron chi connectivity index (χ2n) is 9.72. The van der Waals surface area contributed by atoms with Crippen molar-refractivity contribution in [2.45, 2.75) is 38.1 Å². The summed E-state index contributed by atoms with van der Waals surface area (Å²) in [4.78, 5) is 37.1. The molecule has 0 aliphatic carbocycles. The molecule has 1 aromatic heterocycles. The zero-order chi connectivity index (χ0) is 25.3. The molecule has 0 unspecified atom stereocenters. The molecular formula is C28H38N6O2. The highest BCUT2D eigenvalue weighted by Crippen LogP contribution is 2.26. The molecule has 1 fully saturated rings. The van der Waals surface area contributed by atoms with Gasteiger partial charge in [0.2, 0.25) is 11.8 Å². The summed E-state index contributed by atoms with van der Waals surface area (Å²) in [5, 5.41) is 8.28. The third-order valence-corrected chi connectivity index (χ3v) is 6.96. The van der Waals surface area contributed by atoms with E-state index in [1.807, 2.05) is 18.3 Å². The number of benzene rings is 2. The van der Waals surface area contributed by atoms with Crippen LogP contribution in [0.4, 0.5) is 0 Å². The van der Waals surface area contributed by atoms with E-state index in [1.165, 1.54) is 10.8 Å². The Labute approximate surface area is 213 Å². The number of H-pyrrole nitrogens is 1. The Morgan fingerprint density at radius 2 is 1.78 bits per heavy atom. The lowest BCUT2D eigenvalue weighted by molar-refractivity contribution is -0.123. The van der Waals surface area contributed by atoms with E-state index < -0.39 is 0 Å². The molecule has 3 aromatic rings. The number of piperazine rings is 1. The molecule has 0 bridgehead atoms. The summed E-state index contributed by atoms with van der Waals surface area (Å²) in [5.41, 5.74) is 2.01. The maximum atomic E-state index is 13.0. The van der Waals surface area contributed by atoms with Gasteiger partial charge in [0.25, 0.3) is 0 Å². The van der Waals surface area contributed by atoms with Crippen molar-refractivity contribution < 1.29 is 9.59 Å². The first-order chi connectivity index (χ1) is 17.5. The number of hydrogen-bond donors (Lipinski definition) is 3. The Morgan fingerprint density at radius 3 is 2.56 bits per heavy atom. The van der Waals surface area contributed by atoms with Gasteiger partial charge in [0, 0.05) is 45.2 Å². The van der Waals surface area contributed by atoms with Crippen LogP contribution in [0.25, 0.3) is 22.0 Å². The second kappa shape index (κ2) is 12.6. The molecule has 1 saturated heterocycles. The number of imidazole rings is 1. The van der Waals surface area contributed by atoms with Crippen molar-refractivity contribution in [1.82, 2.24) is 30.4 Å². The lowest BCUT2D eigenvalue weighted by atomic mass is 10.1. The SMILES string of the molecule is CNC(=O)CCCCC[C@H](NC(=O)CN1CCN(C)CC1)c1ncc(-c2ccc3ccccc3c2)[nH]1. The van der Waals surface area contributed by atoms with Crippen molar-refractivity contribution in [3.05, 3.63) is 54.5 Å². The van der Waals surface area contributed by atoms with E-state index in [1.54, 1.807) is 7.05 Å². The van der Waals surface area contributed by atoms with Crippen molar-refractivity contribution in [1.29, 1.82) is 0 Å². The molecule has 0 saturated carbocycles. The Balaban J connectivity index is 1.42. The average Bonchev–Trinajstić information content (AvgIpc) is 3.39. The summed E-state index contributed by atoms with van der Waals surface area (Å²) >= 11 is 0. The third-order valence-electron chi connectivity index (χ3n) is 6.96. The fourth-order valence-electron chi connectivity index (χ4n) is 4.68. The van der Waals surface area contributed by atoms with Crippen molar-refractivity contribution in [3.63, 3.8) is 0 Å². The second-order valence-corrected chi connectivity index (χ2v) is 9.72. The summed E-state index contributed by atoms with van der Waals surface area (Å²) in [6.07, 6.45) is 5.82. The average molecular weight is 491 g/mol. The quantitative estimate of drug-likeness (QED) is 0.359. The lowest BCUT2D eigenvalue weighted by Crippen LogP contribution is -2.48. The van der Waals surface area contributed by atoms with Crippen LogP contribution in [0.5, 0.6) is 0 Å². The molecule has 3 N–H and O–H groups in total. The zero-order valence-electron chi connectivity index (χ0n) is 21.4. The van der Waals surface area contributed by atoms with Crippen molar-refractivity contribution in [2.24, 2.45) is 0 Å². The van der Waals surface area contributed by atoms with Crippen LogP contribution in [0, 0.1) is 0 Å². The van der Waals surface area contributed by atoms with Gasteiger partial charge in [0.05, 0.1) is 24.5 Å². The van der Waals surface area contributed by atoms with Gasteiger partial charge in [-0.25, -0.2) is 4.98 Å². The highest BCUT2D eigenvalue weighted by atomic mass is 16.2. The number of fused-ring (bicyclic) bond motifs is 1. The van der Waals surface area contributed by atoms with Crippen molar-refractivity contribution in [2.75, 3.05) is 46.8 Å². The number of carbonyl (C=O) groups is 2. The first-order valence-corrected chi connectivity index (χ1v) is 13.0. The number of rotatable bonds is 11. The Hall–Kier alpha value is -3.23. The van der Waals surface area contributed by atoms with Gasteiger partial charge >= 0.3 is 0 Å². The molecule has 192 valence electrons. The molecule has 2 amide bonds. The maximum Gasteiger partial charge on any atom is 0.234 e. The van der Waals surface area contributed by atoms with Crippen LogP contribution in [-0.4, -0.2) is 78.4 Å². The van der Waals surface area contributed by atoms with E-state index in [0.717, 1.165) is 68.9 Å². The molecule has 1 aliphatic rings. The van der Waals surface area contributed by atoms with Gasteiger partial charge in [0.15, 0.2) is 0 Å². The standard InChI is InChI=1S/C28H38N6O2/c1-29-26(35)11-5-3-4-10-24(31-27(36)20-34-16-14-33(2)15-17-34)28-30-19-25(32-28)23-13-12-21-8-6-7-9-22(21)18-23/h6-9,12-13,18-19,24H,3-5,10-11,14-17,20H2,1-2H3,(H,29,35)(H,30,32)(H,31,36)/t24-/m0/s1.